The Morgan fingerprint density at radius 1 is 0.939 bits per heavy atom. The third kappa shape index (κ3) is 6.72. The molecule has 7 nitrogen and oxygen atoms in total. The molecular formula is C24H29N5O2S2. The average molecular weight is 484 g/mol. The van der Waals surface area contributed by atoms with E-state index < -0.39 is 10.0 Å². The van der Waals surface area contributed by atoms with Crippen LogP contribution in [-0.4, -0.2) is 23.5 Å². The Morgan fingerprint density at radius 2 is 1.55 bits per heavy atom. The number of nitrogens with one attached hydrogen (secondary N) is 3. The molecule has 0 saturated heterocycles. The first-order valence-electron chi connectivity index (χ1n) is 10.9. The lowest BCUT2D eigenvalue weighted by molar-refractivity contribution is 0.601. The minimum Gasteiger partial charge on any atom is -0.356 e. The van der Waals surface area contributed by atoms with Crippen LogP contribution in [0.5, 0.6) is 0 Å². The van der Waals surface area contributed by atoms with E-state index in [-0.39, 0.29) is 16.9 Å². The minimum atomic E-state index is -3.78. The van der Waals surface area contributed by atoms with Gasteiger partial charge in [0.1, 0.15) is 0 Å². The summed E-state index contributed by atoms with van der Waals surface area (Å²) in [6.07, 6.45) is 4.92. The molecule has 0 bridgehead atoms. The summed E-state index contributed by atoms with van der Waals surface area (Å²) < 4.78 is 27.4. The number of aromatic nitrogens is 2. The summed E-state index contributed by atoms with van der Waals surface area (Å²) in [5, 5.41) is 6.94. The number of hydrogen-bond donors (Lipinski definition) is 3. The van der Waals surface area contributed by atoms with Crippen molar-refractivity contribution in [3.8, 4) is 0 Å². The molecule has 0 aliphatic heterocycles. The maximum Gasteiger partial charge on any atom is 0.264 e. The quantitative estimate of drug-likeness (QED) is 0.359. The van der Waals surface area contributed by atoms with Gasteiger partial charge in [-0.15, -0.1) is 0 Å². The van der Waals surface area contributed by atoms with Crippen molar-refractivity contribution in [1.29, 1.82) is 0 Å². The van der Waals surface area contributed by atoms with Crippen LogP contribution in [0.3, 0.4) is 0 Å². The molecule has 0 radical (unpaired) electrons. The van der Waals surface area contributed by atoms with E-state index in [1.165, 1.54) is 35.7 Å². The van der Waals surface area contributed by atoms with Crippen LogP contribution >= 0.6 is 12.2 Å². The fraction of sp³-hybridized carbons (Fsp3) is 0.292. The van der Waals surface area contributed by atoms with Gasteiger partial charge in [-0.2, -0.15) is 0 Å². The van der Waals surface area contributed by atoms with Crippen LogP contribution in [0.25, 0.3) is 0 Å². The lowest BCUT2D eigenvalue weighted by Crippen LogP contribution is -2.32. The first-order valence-corrected chi connectivity index (χ1v) is 12.8. The maximum atomic E-state index is 12.5. The summed E-state index contributed by atoms with van der Waals surface area (Å²) in [5.41, 5.74) is 3.19. The average Bonchev–Trinajstić information content (AvgIpc) is 2.83. The number of rotatable bonds is 9. The molecule has 0 fully saturated rings. The second-order valence-electron chi connectivity index (χ2n) is 7.74. The van der Waals surface area contributed by atoms with Crippen molar-refractivity contribution in [2.24, 2.45) is 0 Å². The molecule has 3 rings (SSSR count). The summed E-state index contributed by atoms with van der Waals surface area (Å²) >= 11 is 5.49. The van der Waals surface area contributed by atoms with Gasteiger partial charge in [0.2, 0.25) is 5.95 Å². The van der Waals surface area contributed by atoms with E-state index in [4.69, 9.17) is 12.2 Å². The van der Waals surface area contributed by atoms with Crippen molar-refractivity contribution in [2.45, 2.75) is 50.5 Å². The summed E-state index contributed by atoms with van der Waals surface area (Å²) in [6.45, 7) is 6.52. The van der Waals surface area contributed by atoms with Crippen molar-refractivity contribution >= 4 is 39.0 Å². The number of sulfonamides is 1. The minimum absolute atomic E-state index is 0.0212. The summed E-state index contributed by atoms with van der Waals surface area (Å²) in [7, 11) is -3.78. The molecule has 1 aromatic heterocycles. The van der Waals surface area contributed by atoms with Gasteiger partial charge < -0.3 is 10.6 Å². The maximum absolute atomic E-state index is 12.5. The van der Waals surface area contributed by atoms with Crippen molar-refractivity contribution < 1.29 is 8.42 Å². The fourth-order valence-corrected chi connectivity index (χ4v) is 4.51. The predicted molar refractivity (Wildman–Crippen MR) is 137 cm³/mol. The number of benzene rings is 2. The first-order chi connectivity index (χ1) is 15.8. The summed E-state index contributed by atoms with van der Waals surface area (Å²) in [4.78, 5) is 7.87. The summed E-state index contributed by atoms with van der Waals surface area (Å²) in [6, 6.07) is 16.7. The van der Waals surface area contributed by atoms with Gasteiger partial charge in [-0.1, -0.05) is 45.0 Å². The van der Waals surface area contributed by atoms with Gasteiger partial charge in [0.15, 0.2) is 5.11 Å². The summed E-state index contributed by atoms with van der Waals surface area (Å²) in [5.74, 6) is 0.560. The first kappa shape index (κ1) is 24.6. The van der Waals surface area contributed by atoms with Crippen LogP contribution in [-0.2, 0) is 10.0 Å². The molecule has 0 aliphatic carbocycles. The molecule has 2 atom stereocenters. The highest BCUT2D eigenvalue weighted by atomic mass is 32.2. The van der Waals surface area contributed by atoms with E-state index in [0.29, 0.717) is 16.7 Å². The van der Waals surface area contributed by atoms with Crippen molar-refractivity contribution in [3.63, 3.8) is 0 Å². The van der Waals surface area contributed by atoms with Crippen LogP contribution in [0.1, 0.15) is 56.7 Å². The molecule has 174 valence electrons. The van der Waals surface area contributed by atoms with Gasteiger partial charge in [-0.25, -0.2) is 23.1 Å². The molecule has 0 saturated carbocycles. The standard InChI is InChI=1S/C24H29N5O2S2/c1-4-17(3)18-7-9-19(10-8-18)22(5-2)28-24(32)27-20-11-13-21(14-12-20)33(30,31)29-23-25-15-6-16-26-23/h6-17,22H,4-5H2,1-3H3,(H,25,26,29)(H2,27,28,32)/t17-,22-/m1/s1. The molecule has 0 amide bonds. The van der Waals surface area contributed by atoms with Crippen LogP contribution < -0.4 is 15.4 Å². The van der Waals surface area contributed by atoms with E-state index in [1.807, 2.05) is 0 Å². The lowest BCUT2D eigenvalue weighted by Gasteiger charge is -2.21. The SMILES string of the molecule is CC[C@@H](C)c1ccc([C@@H](CC)NC(=S)Nc2ccc(S(=O)(=O)Nc3ncccn3)cc2)cc1. The molecule has 33 heavy (non-hydrogen) atoms. The van der Waals surface area contributed by atoms with Gasteiger partial charge in [0.25, 0.3) is 10.0 Å². The van der Waals surface area contributed by atoms with E-state index in [2.05, 4.69) is 70.4 Å². The van der Waals surface area contributed by atoms with Crippen LogP contribution in [0, 0.1) is 0 Å². The Kier molecular flexibility index (Phi) is 8.35. The van der Waals surface area contributed by atoms with Crippen molar-refractivity contribution in [1.82, 2.24) is 15.3 Å². The monoisotopic (exact) mass is 483 g/mol. The molecule has 3 N–H and O–H groups in total. The highest BCUT2D eigenvalue weighted by molar-refractivity contribution is 7.92. The normalized spacial score (nSPS) is 13.1. The molecule has 0 unspecified atom stereocenters. The molecule has 9 heteroatoms. The van der Waals surface area contributed by atoms with Crippen molar-refractivity contribution in [3.05, 3.63) is 78.1 Å². The van der Waals surface area contributed by atoms with Gasteiger partial charge in [0, 0.05) is 18.1 Å². The zero-order valence-electron chi connectivity index (χ0n) is 18.9. The number of nitrogens with zero attached hydrogens (tertiary/aromatic N) is 2. The van der Waals surface area contributed by atoms with E-state index >= 15 is 0 Å². The number of anilines is 2. The zero-order chi connectivity index (χ0) is 23.8. The highest BCUT2D eigenvalue weighted by Gasteiger charge is 2.16. The lowest BCUT2D eigenvalue weighted by atomic mass is 9.95. The zero-order valence-corrected chi connectivity index (χ0v) is 20.6. The number of hydrogen-bond acceptors (Lipinski definition) is 5. The smallest absolute Gasteiger partial charge is 0.264 e. The van der Waals surface area contributed by atoms with E-state index in [9.17, 15) is 8.42 Å². The third-order valence-electron chi connectivity index (χ3n) is 5.45. The van der Waals surface area contributed by atoms with Crippen molar-refractivity contribution in [2.75, 3.05) is 10.0 Å². The van der Waals surface area contributed by atoms with Gasteiger partial charge in [0.05, 0.1) is 10.9 Å². The molecule has 0 aliphatic rings. The number of thiocarbonyl (C=S) groups is 1. The molecular weight excluding hydrogens is 454 g/mol. The Hall–Kier alpha value is -3.04. The second kappa shape index (κ2) is 11.2. The Labute approximate surface area is 201 Å². The molecule has 1 heterocycles. The Morgan fingerprint density at radius 3 is 2.12 bits per heavy atom. The van der Waals surface area contributed by atoms with Gasteiger partial charge >= 0.3 is 0 Å². The Bertz CT molecular complexity index is 1150. The van der Waals surface area contributed by atoms with Gasteiger partial charge in [-0.3, -0.25) is 0 Å². The largest absolute Gasteiger partial charge is 0.356 e. The van der Waals surface area contributed by atoms with Crippen LogP contribution in [0.15, 0.2) is 71.9 Å². The fourth-order valence-electron chi connectivity index (χ4n) is 3.29. The highest BCUT2D eigenvalue weighted by Crippen LogP contribution is 2.23. The molecule has 3 aromatic rings. The van der Waals surface area contributed by atoms with Crippen LogP contribution in [0.2, 0.25) is 0 Å². The second-order valence-corrected chi connectivity index (χ2v) is 9.83. The topological polar surface area (TPSA) is 96.0 Å². The van der Waals surface area contributed by atoms with Crippen LogP contribution in [0.4, 0.5) is 11.6 Å². The Balaban J connectivity index is 1.61. The van der Waals surface area contributed by atoms with E-state index in [1.54, 1.807) is 18.2 Å². The van der Waals surface area contributed by atoms with Gasteiger partial charge in [-0.05, 0) is 72.4 Å². The molecule has 0 spiro atoms. The van der Waals surface area contributed by atoms with E-state index in [0.717, 1.165) is 12.8 Å². The third-order valence-corrected chi connectivity index (χ3v) is 7.01. The molecule has 2 aromatic carbocycles. The predicted octanol–water partition coefficient (Wildman–Crippen LogP) is 5.23.